The van der Waals surface area contributed by atoms with Crippen molar-refractivity contribution < 1.29 is 13.2 Å². The molecule has 122 valence electrons. The smallest absolute Gasteiger partial charge is 0.252 e. The molecule has 6 nitrogen and oxygen atoms in total. The first-order valence-electron chi connectivity index (χ1n) is 7.44. The third-order valence-electron chi connectivity index (χ3n) is 4.63. The summed E-state index contributed by atoms with van der Waals surface area (Å²) < 4.78 is 33.6. The van der Waals surface area contributed by atoms with Gasteiger partial charge in [-0.2, -0.15) is 4.31 Å². The topological polar surface area (TPSA) is 72.4 Å². The Balaban J connectivity index is 1.70. The summed E-state index contributed by atoms with van der Waals surface area (Å²) in [5, 5.41) is 1.82. The van der Waals surface area contributed by atoms with Crippen molar-refractivity contribution in [3.05, 3.63) is 40.8 Å². The summed E-state index contributed by atoms with van der Waals surface area (Å²) in [5.74, 6) is 0. The highest BCUT2D eigenvalue weighted by Gasteiger charge is 2.48. The Morgan fingerprint density at radius 3 is 3.09 bits per heavy atom. The zero-order valence-electron chi connectivity index (χ0n) is 12.7. The fraction of sp³-hybridized carbons (Fsp3) is 0.467. The van der Waals surface area contributed by atoms with Crippen LogP contribution in [0.2, 0.25) is 0 Å². The zero-order valence-corrected chi connectivity index (χ0v) is 14.4. The van der Waals surface area contributed by atoms with Crippen molar-refractivity contribution in [1.82, 2.24) is 14.3 Å². The number of ether oxygens (including phenoxy) is 1. The van der Waals surface area contributed by atoms with Gasteiger partial charge in [0.2, 0.25) is 0 Å². The molecule has 2 aliphatic rings. The number of rotatable bonds is 2. The summed E-state index contributed by atoms with van der Waals surface area (Å²) in [7, 11) is -3.45. The van der Waals surface area contributed by atoms with Gasteiger partial charge in [-0.25, -0.2) is 18.4 Å². The molecule has 0 aliphatic carbocycles. The van der Waals surface area contributed by atoms with E-state index in [0.717, 1.165) is 23.2 Å². The number of sulfonamides is 1. The summed E-state index contributed by atoms with van der Waals surface area (Å²) in [6.07, 6.45) is 4.02. The lowest BCUT2D eigenvalue weighted by Crippen LogP contribution is -2.41. The van der Waals surface area contributed by atoms with Crippen molar-refractivity contribution in [3.63, 3.8) is 0 Å². The van der Waals surface area contributed by atoms with Crippen molar-refractivity contribution in [2.45, 2.75) is 29.6 Å². The summed E-state index contributed by atoms with van der Waals surface area (Å²) >= 11 is 1.28. The number of hydrogen-bond donors (Lipinski definition) is 0. The molecule has 4 heterocycles. The highest BCUT2D eigenvalue weighted by atomic mass is 32.2. The van der Waals surface area contributed by atoms with Crippen LogP contribution in [0.3, 0.4) is 0 Å². The van der Waals surface area contributed by atoms with Gasteiger partial charge in [0.1, 0.15) is 10.5 Å². The van der Waals surface area contributed by atoms with Gasteiger partial charge >= 0.3 is 0 Å². The molecule has 8 heteroatoms. The number of aromatic nitrogens is 2. The van der Waals surface area contributed by atoms with E-state index in [0.29, 0.717) is 30.5 Å². The Kier molecular flexibility index (Phi) is 3.53. The van der Waals surface area contributed by atoms with Crippen molar-refractivity contribution in [2.24, 2.45) is 0 Å². The minimum atomic E-state index is -3.45. The highest BCUT2D eigenvalue weighted by Crippen LogP contribution is 2.41. The summed E-state index contributed by atoms with van der Waals surface area (Å²) in [5.41, 5.74) is 2.36. The van der Waals surface area contributed by atoms with E-state index in [1.165, 1.54) is 17.7 Å². The molecule has 2 aliphatic heterocycles. The van der Waals surface area contributed by atoms with Crippen LogP contribution in [-0.4, -0.2) is 42.4 Å². The number of fused-ring (bicyclic) bond motifs is 2. The van der Waals surface area contributed by atoms with E-state index in [1.807, 2.05) is 18.4 Å². The van der Waals surface area contributed by atoms with Gasteiger partial charge < -0.3 is 4.74 Å². The average molecular weight is 351 g/mol. The third-order valence-corrected chi connectivity index (χ3v) is 8.15. The predicted molar refractivity (Wildman–Crippen MR) is 85.8 cm³/mol. The van der Waals surface area contributed by atoms with Crippen molar-refractivity contribution >= 4 is 21.4 Å². The second kappa shape index (κ2) is 5.34. The molecule has 0 saturated carbocycles. The van der Waals surface area contributed by atoms with E-state index in [2.05, 4.69) is 9.97 Å². The maximum Gasteiger partial charge on any atom is 0.252 e. The van der Waals surface area contributed by atoms with E-state index in [9.17, 15) is 8.42 Å². The molecule has 1 spiro atoms. The van der Waals surface area contributed by atoms with Gasteiger partial charge in [-0.3, -0.25) is 0 Å². The number of nitrogens with zero attached hydrogens (tertiary/aromatic N) is 3. The number of hydrogen-bond acceptors (Lipinski definition) is 6. The first-order chi connectivity index (χ1) is 11.0. The Morgan fingerprint density at radius 2 is 2.30 bits per heavy atom. The van der Waals surface area contributed by atoms with Gasteiger partial charge in [0, 0.05) is 24.8 Å². The lowest BCUT2D eigenvalue weighted by molar-refractivity contribution is 0.0530. The first-order valence-corrected chi connectivity index (χ1v) is 9.76. The van der Waals surface area contributed by atoms with E-state index in [1.54, 1.807) is 10.5 Å². The van der Waals surface area contributed by atoms with Crippen molar-refractivity contribution in [1.29, 1.82) is 0 Å². The first kappa shape index (κ1) is 15.2. The molecule has 1 atom stereocenters. The van der Waals surface area contributed by atoms with Crippen molar-refractivity contribution in [2.75, 3.05) is 19.7 Å². The fourth-order valence-electron chi connectivity index (χ4n) is 3.46. The molecule has 1 saturated heterocycles. The van der Waals surface area contributed by atoms with E-state index < -0.39 is 10.0 Å². The monoisotopic (exact) mass is 351 g/mol. The Labute approximate surface area is 139 Å². The van der Waals surface area contributed by atoms with Crippen LogP contribution >= 0.6 is 11.3 Å². The molecule has 2 aromatic rings. The molecule has 1 unspecified atom stereocenters. The minimum absolute atomic E-state index is 0.352. The van der Waals surface area contributed by atoms with Crippen LogP contribution in [0.5, 0.6) is 0 Å². The second-order valence-electron chi connectivity index (χ2n) is 6.15. The van der Waals surface area contributed by atoms with Gasteiger partial charge in [-0.1, -0.05) is 0 Å². The number of thiophene rings is 1. The van der Waals surface area contributed by atoms with Crippen LogP contribution in [0.15, 0.2) is 28.2 Å². The maximum atomic E-state index is 12.9. The lowest BCUT2D eigenvalue weighted by atomic mass is 9.81. The summed E-state index contributed by atoms with van der Waals surface area (Å²) in [6.45, 7) is 3.74. The summed E-state index contributed by atoms with van der Waals surface area (Å²) in [4.78, 5) is 8.49. The minimum Gasteiger partial charge on any atom is -0.376 e. The van der Waals surface area contributed by atoms with Crippen LogP contribution in [0.25, 0.3) is 0 Å². The van der Waals surface area contributed by atoms with Gasteiger partial charge in [0.05, 0.1) is 24.3 Å². The lowest BCUT2D eigenvalue weighted by Gasteiger charge is -2.33. The molecule has 0 aromatic carbocycles. The number of aryl methyl sites for hydroxylation is 1. The molecule has 2 aromatic heterocycles. The van der Waals surface area contributed by atoms with E-state index in [-0.39, 0.29) is 5.41 Å². The molecular weight excluding hydrogens is 334 g/mol. The summed E-state index contributed by atoms with van der Waals surface area (Å²) in [6, 6.07) is 1.84. The molecular formula is C15H17N3O3S2. The third kappa shape index (κ3) is 2.32. The molecule has 4 rings (SSSR count). The SMILES string of the molecule is Cc1ccsc1S(=O)(=O)N1CCC2(COCc3cncnc32)C1. The Hall–Kier alpha value is -1.35. The molecule has 0 N–H and O–H groups in total. The molecule has 0 bridgehead atoms. The molecule has 1 fully saturated rings. The van der Waals surface area contributed by atoms with Gasteiger partial charge in [-0.15, -0.1) is 11.3 Å². The molecule has 23 heavy (non-hydrogen) atoms. The van der Waals surface area contributed by atoms with Crippen LogP contribution in [0, 0.1) is 6.92 Å². The van der Waals surface area contributed by atoms with Crippen LogP contribution in [0.4, 0.5) is 0 Å². The molecule has 0 amide bonds. The maximum absolute atomic E-state index is 12.9. The van der Waals surface area contributed by atoms with Crippen molar-refractivity contribution in [3.8, 4) is 0 Å². The quantitative estimate of drug-likeness (QED) is 0.824. The Morgan fingerprint density at radius 1 is 1.43 bits per heavy atom. The van der Waals surface area contributed by atoms with Crippen LogP contribution in [-0.2, 0) is 26.8 Å². The predicted octanol–water partition coefficient (Wildman–Crippen LogP) is 1.71. The standard InChI is InChI=1S/C15H17N3O3S2/c1-11-2-5-22-14(11)23(19,20)18-4-3-15(8-18)9-21-7-12-6-16-10-17-13(12)15/h2,5-6,10H,3-4,7-9H2,1H3. The van der Waals surface area contributed by atoms with Gasteiger partial charge in [-0.05, 0) is 30.4 Å². The highest BCUT2D eigenvalue weighted by molar-refractivity contribution is 7.91. The average Bonchev–Trinajstić information content (AvgIpc) is 3.16. The zero-order chi connectivity index (χ0) is 16.1. The largest absolute Gasteiger partial charge is 0.376 e. The van der Waals surface area contributed by atoms with E-state index in [4.69, 9.17) is 4.74 Å². The van der Waals surface area contributed by atoms with Crippen LogP contribution in [0.1, 0.15) is 23.2 Å². The van der Waals surface area contributed by atoms with Crippen LogP contribution < -0.4 is 0 Å². The van der Waals surface area contributed by atoms with E-state index >= 15 is 0 Å². The molecule has 0 radical (unpaired) electrons. The fourth-order valence-corrected chi connectivity index (χ4v) is 6.53. The Bertz CT molecular complexity index is 849. The van der Waals surface area contributed by atoms with Gasteiger partial charge in [0.15, 0.2) is 0 Å². The van der Waals surface area contributed by atoms with Gasteiger partial charge in [0.25, 0.3) is 10.0 Å². The normalized spacial score (nSPS) is 24.9. The second-order valence-corrected chi connectivity index (χ2v) is 9.20.